The number of aliphatic imine (C=N–C) groups is 1. The molecule has 0 aliphatic heterocycles. The largest absolute Gasteiger partial charge is 0.366 e. The molecule has 24 heavy (non-hydrogen) atoms. The fourth-order valence-electron chi connectivity index (χ4n) is 3.30. The van der Waals surface area contributed by atoms with Gasteiger partial charge >= 0.3 is 0 Å². The number of benzene rings is 1. The first kappa shape index (κ1) is 18.3. The summed E-state index contributed by atoms with van der Waals surface area (Å²) in [5.41, 5.74) is 6.85. The number of hydrogen-bond acceptors (Lipinski definition) is 2. The maximum Gasteiger partial charge on any atom is 0.248 e. The molecule has 1 saturated carbocycles. The Labute approximate surface area is 145 Å². The molecule has 0 unspecified atom stereocenters. The summed E-state index contributed by atoms with van der Waals surface area (Å²) in [4.78, 5) is 15.4. The number of guanidine groups is 1. The predicted octanol–water partition coefficient (Wildman–Crippen LogP) is 2.81. The smallest absolute Gasteiger partial charge is 0.248 e. The van der Waals surface area contributed by atoms with E-state index in [0.717, 1.165) is 24.0 Å². The van der Waals surface area contributed by atoms with E-state index in [-0.39, 0.29) is 0 Å². The van der Waals surface area contributed by atoms with Gasteiger partial charge in [0.15, 0.2) is 5.96 Å². The topological polar surface area (TPSA) is 79.5 Å². The molecule has 132 valence electrons. The third-order valence-corrected chi connectivity index (χ3v) is 4.70. The number of primary amides is 1. The van der Waals surface area contributed by atoms with Gasteiger partial charge in [-0.1, -0.05) is 50.7 Å². The van der Waals surface area contributed by atoms with E-state index in [1.54, 1.807) is 13.1 Å². The number of nitrogens with one attached hydrogen (secondary N) is 2. The average molecular weight is 330 g/mol. The second-order valence-electron chi connectivity index (χ2n) is 6.56. The second kappa shape index (κ2) is 9.96. The third-order valence-electron chi connectivity index (χ3n) is 4.70. The highest BCUT2D eigenvalue weighted by atomic mass is 16.1. The van der Waals surface area contributed by atoms with Gasteiger partial charge in [-0.05, 0) is 30.0 Å². The molecule has 0 radical (unpaired) electrons. The maximum absolute atomic E-state index is 11.2. The van der Waals surface area contributed by atoms with Crippen LogP contribution in [-0.2, 0) is 6.54 Å². The number of nitrogens with zero attached hydrogens (tertiary/aromatic N) is 1. The van der Waals surface area contributed by atoms with E-state index in [4.69, 9.17) is 5.73 Å². The van der Waals surface area contributed by atoms with Crippen molar-refractivity contribution in [2.75, 3.05) is 13.6 Å². The molecule has 1 aliphatic carbocycles. The monoisotopic (exact) mass is 330 g/mol. The Morgan fingerprint density at radius 3 is 2.75 bits per heavy atom. The van der Waals surface area contributed by atoms with E-state index >= 15 is 0 Å². The minimum absolute atomic E-state index is 0.401. The highest BCUT2D eigenvalue weighted by Crippen LogP contribution is 2.28. The van der Waals surface area contributed by atoms with Crippen LogP contribution in [0.1, 0.15) is 60.9 Å². The SMILES string of the molecule is CN=C(NCCCCC1CCCC1)NCc1cccc(C(N)=O)c1. The first-order valence-corrected chi connectivity index (χ1v) is 9.02. The summed E-state index contributed by atoms with van der Waals surface area (Å²) in [5, 5.41) is 6.62. The van der Waals surface area contributed by atoms with E-state index in [2.05, 4.69) is 15.6 Å². The molecular formula is C19H30N4O. The molecule has 0 atom stereocenters. The van der Waals surface area contributed by atoms with Gasteiger partial charge in [0.1, 0.15) is 0 Å². The van der Waals surface area contributed by atoms with Gasteiger partial charge in [-0.3, -0.25) is 9.79 Å². The molecule has 0 bridgehead atoms. The van der Waals surface area contributed by atoms with Crippen LogP contribution in [0, 0.1) is 5.92 Å². The molecule has 1 fully saturated rings. The van der Waals surface area contributed by atoms with Crippen LogP contribution in [-0.4, -0.2) is 25.5 Å². The summed E-state index contributed by atoms with van der Waals surface area (Å²) in [6, 6.07) is 7.35. The maximum atomic E-state index is 11.2. The van der Waals surface area contributed by atoms with Gasteiger partial charge in [-0.25, -0.2) is 0 Å². The molecule has 0 aromatic heterocycles. The molecule has 5 nitrogen and oxygen atoms in total. The van der Waals surface area contributed by atoms with Crippen molar-refractivity contribution >= 4 is 11.9 Å². The molecule has 2 rings (SSSR count). The minimum atomic E-state index is -0.401. The van der Waals surface area contributed by atoms with Crippen LogP contribution in [0.15, 0.2) is 29.3 Å². The normalized spacial score (nSPS) is 15.5. The Hall–Kier alpha value is -2.04. The van der Waals surface area contributed by atoms with Crippen LogP contribution in [0.2, 0.25) is 0 Å². The first-order chi connectivity index (χ1) is 11.7. The minimum Gasteiger partial charge on any atom is -0.366 e. The number of amides is 1. The lowest BCUT2D eigenvalue weighted by molar-refractivity contribution is 0.1000. The molecule has 4 N–H and O–H groups in total. The van der Waals surface area contributed by atoms with Crippen LogP contribution in [0.5, 0.6) is 0 Å². The molecule has 1 amide bonds. The van der Waals surface area contributed by atoms with Gasteiger partial charge in [0.25, 0.3) is 0 Å². The fraction of sp³-hybridized carbons (Fsp3) is 0.579. The molecule has 1 aromatic rings. The van der Waals surface area contributed by atoms with E-state index < -0.39 is 5.91 Å². The van der Waals surface area contributed by atoms with Crippen molar-refractivity contribution in [2.24, 2.45) is 16.6 Å². The predicted molar refractivity (Wildman–Crippen MR) is 99.0 cm³/mol. The van der Waals surface area contributed by atoms with E-state index in [1.165, 1.54) is 44.9 Å². The summed E-state index contributed by atoms with van der Waals surface area (Å²) in [5.74, 6) is 1.36. The van der Waals surface area contributed by atoms with Crippen molar-refractivity contribution in [2.45, 2.75) is 51.5 Å². The molecule has 0 heterocycles. The summed E-state index contributed by atoms with van der Waals surface area (Å²) >= 11 is 0. The Morgan fingerprint density at radius 1 is 1.25 bits per heavy atom. The number of nitrogens with two attached hydrogens (primary N) is 1. The van der Waals surface area contributed by atoms with Crippen molar-refractivity contribution in [3.63, 3.8) is 0 Å². The van der Waals surface area contributed by atoms with E-state index in [0.29, 0.717) is 12.1 Å². The standard InChI is InChI=1S/C19H30N4O/c1-21-19(22-12-5-4-9-15-7-2-3-8-15)23-14-16-10-6-11-17(13-16)18(20)24/h6,10-11,13,15H,2-5,7-9,12,14H2,1H3,(H2,20,24)(H2,21,22,23). The van der Waals surface area contributed by atoms with Gasteiger partial charge in [0.05, 0.1) is 0 Å². The summed E-state index contributed by atoms with van der Waals surface area (Å²) in [6.07, 6.45) is 9.55. The van der Waals surface area contributed by atoms with Gasteiger partial charge < -0.3 is 16.4 Å². The van der Waals surface area contributed by atoms with Crippen LogP contribution in [0.3, 0.4) is 0 Å². The average Bonchev–Trinajstić information content (AvgIpc) is 3.11. The number of rotatable bonds is 8. The highest BCUT2D eigenvalue weighted by Gasteiger charge is 2.13. The van der Waals surface area contributed by atoms with Crippen molar-refractivity contribution in [1.82, 2.24) is 10.6 Å². The van der Waals surface area contributed by atoms with Gasteiger partial charge in [0.2, 0.25) is 5.91 Å². The van der Waals surface area contributed by atoms with E-state index in [9.17, 15) is 4.79 Å². The van der Waals surface area contributed by atoms with Crippen LogP contribution < -0.4 is 16.4 Å². The molecule has 1 aromatic carbocycles. The number of hydrogen-bond donors (Lipinski definition) is 3. The molecular weight excluding hydrogens is 300 g/mol. The molecule has 1 aliphatic rings. The Bertz CT molecular complexity index is 550. The van der Waals surface area contributed by atoms with Gasteiger partial charge in [-0.2, -0.15) is 0 Å². The zero-order valence-electron chi connectivity index (χ0n) is 14.7. The number of carbonyl (C=O) groups is 1. The third kappa shape index (κ3) is 6.22. The number of carbonyl (C=O) groups excluding carboxylic acids is 1. The quantitative estimate of drug-likeness (QED) is 0.389. The fourth-order valence-corrected chi connectivity index (χ4v) is 3.30. The summed E-state index contributed by atoms with van der Waals surface area (Å²) in [7, 11) is 1.77. The highest BCUT2D eigenvalue weighted by molar-refractivity contribution is 5.92. The molecule has 5 heteroatoms. The lowest BCUT2D eigenvalue weighted by Crippen LogP contribution is -2.37. The molecule has 0 saturated heterocycles. The van der Waals surface area contributed by atoms with Crippen molar-refractivity contribution in [1.29, 1.82) is 0 Å². The molecule has 0 spiro atoms. The van der Waals surface area contributed by atoms with Gasteiger partial charge in [0, 0.05) is 25.7 Å². The van der Waals surface area contributed by atoms with Crippen LogP contribution in [0.4, 0.5) is 0 Å². The Balaban J connectivity index is 1.64. The summed E-state index contributed by atoms with van der Waals surface area (Å²) in [6.45, 7) is 1.55. The number of unbranched alkanes of at least 4 members (excludes halogenated alkanes) is 1. The van der Waals surface area contributed by atoms with Crippen LogP contribution in [0.25, 0.3) is 0 Å². The Kier molecular flexibility index (Phi) is 7.59. The first-order valence-electron chi connectivity index (χ1n) is 9.02. The summed E-state index contributed by atoms with van der Waals surface area (Å²) < 4.78 is 0. The Morgan fingerprint density at radius 2 is 2.04 bits per heavy atom. The zero-order valence-corrected chi connectivity index (χ0v) is 14.7. The zero-order chi connectivity index (χ0) is 17.2. The lowest BCUT2D eigenvalue weighted by atomic mass is 10.0. The van der Waals surface area contributed by atoms with Crippen molar-refractivity contribution in [3.8, 4) is 0 Å². The van der Waals surface area contributed by atoms with Gasteiger partial charge in [-0.15, -0.1) is 0 Å². The van der Waals surface area contributed by atoms with E-state index in [1.807, 2.05) is 18.2 Å². The van der Waals surface area contributed by atoms with Crippen LogP contribution >= 0.6 is 0 Å². The van der Waals surface area contributed by atoms with Crippen molar-refractivity contribution in [3.05, 3.63) is 35.4 Å². The van der Waals surface area contributed by atoms with Crippen molar-refractivity contribution < 1.29 is 4.79 Å². The second-order valence-corrected chi connectivity index (χ2v) is 6.56. The lowest BCUT2D eigenvalue weighted by Gasteiger charge is -2.13.